The molecule has 0 unspecified atom stereocenters. The fraction of sp³-hybridized carbons (Fsp3) is 0.450. The van der Waals surface area contributed by atoms with E-state index in [2.05, 4.69) is 47.6 Å². The molecule has 2 atom stereocenters. The summed E-state index contributed by atoms with van der Waals surface area (Å²) in [5.41, 5.74) is 3.98. The maximum absolute atomic E-state index is 12.7. The van der Waals surface area contributed by atoms with Crippen molar-refractivity contribution in [3.05, 3.63) is 46.3 Å². The minimum absolute atomic E-state index is 0.00154. The molecule has 1 saturated heterocycles. The van der Waals surface area contributed by atoms with Crippen LogP contribution < -0.4 is 5.32 Å². The van der Waals surface area contributed by atoms with E-state index in [0.717, 1.165) is 37.4 Å². The molecular formula is C20H24N2O2S. The molecule has 1 N–H and O–H groups in total. The van der Waals surface area contributed by atoms with Crippen molar-refractivity contribution in [1.82, 2.24) is 10.2 Å². The Labute approximate surface area is 152 Å². The van der Waals surface area contributed by atoms with Crippen LogP contribution in [-0.4, -0.2) is 49.7 Å². The molecule has 1 aromatic heterocycles. The molecule has 2 heterocycles. The normalized spacial score (nSPS) is 21.3. The van der Waals surface area contributed by atoms with E-state index in [0.29, 0.717) is 0 Å². The summed E-state index contributed by atoms with van der Waals surface area (Å²) >= 11 is 1.61. The van der Waals surface area contributed by atoms with Crippen molar-refractivity contribution >= 4 is 17.2 Å². The molecule has 1 aliphatic heterocycles. The molecule has 25 heavy (non-hydrogen) atoms. The molecule has 2 aliphatic rings. The highest BCUT2D eigenvalue weighted by molar-refractivity contribution is 7.17. The lowest BCUT2D eigenvalue weighted by atomic mass is 9.91. The van der Waals surface area contributed by atoms with Crippen molar-refractivity contribution in [2.24, 2.45) is 0 Å². The third-order valence-corrected chi connectivity index (χ3v) is 6.38. The quantitative estimate of drug-likeness (QED) is 0.919. The third kappa shape index (κ3) is 3.36. The van der Waals surface area contributed by atoms with E-state index in [1.54, 1.807) is 11.3 Å². The molecule has 1 fully saturated rings. The molecule has 0 radical (unpaired) electrons. The average molecular weight is 356 g/mol. The first-order valence-corrected chi connectivity index (χ1v) is 9.75. The Bertz CT molecular complexity index is 786. The summed E-state index contributed by atoms with van der Waals surface area (Å²) in [6, 6.07) is 10.6. The highest BCUT2D eigenvalue weighted by Crippen LogP contribution is 2.39. The monoisotopic (exact) mass is 356 g/mol. The van der Waals surface area contributed by atoms with Gasteiger partial charge < -0.3 is 15.0 Å². The van der Waals surface area contributed by atoms with Crippen LogP contribution in [0.5, 0.6) is 0 Å². The number of nitrogens with zero attached hydrogens (tertiary/aromatic N) is 1. The first kappa shape index (κ1) is 16.8. The standard InChI is InChI=1S/C20H24N2O2S/c1-13(17-12-22(2)9-10-24-17)21-20(23)18-11-15-8-7-14-5-3-4-6-16(14)19(15)25-18/h3-6,11,13,17H,7-10,12H2,1-2H3,(H,21,23)/t13-,17+/m1/s1. The number of hydrogen-bond donors (Lipinski definition) is 1. The number of hydrogen-bond acceptors (Lipinski definition) is 4. The zero-order chi connectivity index (χ0) is 17.4. The Kier molecular flexibility index (Phi) is 4.63. The molecule has 1 aliphatic carbocycles. The second-order valence-electron chi connectivity index (χ2n) is 7.06. The van der Waals surface area contributed by atoms with E-state index in [4.69, 9.17) is 4.74 Å². The molecule has 1 amide bonds. The summed E-state index contributed by atoms with van der Waals surface area (Å²) in [7, 11) is 2.09. The molecule has 132 valence electrons. The number of nitrogens with one attached hydrogen (secondary N) is 1. The number of likely N-dealkylation sites (N-methyl/N-ethyl adjacent to an activating group) is 1. The van der Waals surface area contributed by atoms with Gasteiger partial charge in [-0.05, 0) is 49.6 Å². The number of rotatable bonds is 3. The second kappa shape index (κ2) is 6.90. The first-order valence-electron chi connectivity index (χ1n) is 8.94. The maximum Gasteiger partial charge on any atom is 0.261 e. The summed E-state index contributed by atoms with van der Waals surface area (Å²) in [6.45, 7) is 4.57. The molecule has 0 bridgehead atoms. The number of thiophene rings is 1. The van der Waals surface area contributed by atoms with Crippen LogP contribution in [0.3, 0.4) is 0 Å². The van der Waals surface area contributed by atoms with Crippen molar-refractivity contribution < 1.29 is 9.53 Å². The van der Waals surface area contributed by atoms with Crippen molar-refractivity contribution in [2.45, 2.75) is 31.9 Å². The SMILES string of the molecule is C[C@@H](NC(=O)c1cc2c(s1)-c1ccccc1CC2)[C@@H]1CN(C)CCO1. The van der Waals surface area contributed by atoms with Crippen molar-refractivity contribution in [1.29, 1.82) is 0 Å². The Hall–Kier alpha value is -1.69. The number of fused-ring (bicyclic) bond motifs is 3. The van der Waals surface area contributed by atoms with Crippen LogP contribution in [-0.2, 0) is 17.6 Å². The van der Waals surface area contributed by atoms with Crippen LogP contribution in [0, 0.1) is 0 Å². The Morgan fingerprint density at radius 3 is 2.96 bits per heavy atom. The summed E-state index contributed by atoms with van der Waals surface area (Å²) < 4.78 is 5.82. The number of aryl methyl sites for hydroxylation is 2. The second-order valence-corrected chi connectivity index (χ2v) is 8.11. The van der Waals surface area contributed by atoms with Gasteiger partial charge in [0, 0.05) is 18.0 Å². The molecule has 2 aromatic rings. The van der Waals surface area contributed by atoms with Crippen LogP contribution in [0.25, 0.3) is 10.4 Å². The molecule has 4 rings (SSSR count). The van der Waals surface area contributed by atoms with Crippen molar-refractivity contribution in [2.75, 3.05) is 26.7 Å². The summed E-state index contributed by atoms with van der Waals surface area (Å²) in [4.78, 5) is 17.0. The lowest BCUT2D eigenvalue weighted by molar-refractivity contribution is -0.0342. The number of benzene rings is 1. The molecular weight excluding hydrogens is 332 g/mol. The van der Waals surface area contributed by atoms with Gasteiger partial charge in [-0.1, -0.05) is 24.3 Å². The van der Waals surface area contributed by atoms with Gasteiger partial charge in [0.15, 0.2) is 0 Å². The number of carbonyl (C=O) groups excluding carboxylic acids is 1. The number of amides is 1. The van der Waals surface area contributed by atoms with Gasteiger partial charge in [0.25, 0.3) is 5.91 Å². The lowest BCUT2D eigenvalue weighted by Crippen LogP contribution is -2.51. The van der Waals surface area contributed by atoms with Gasteiger partial charge in [-0.3, -0.25) is 4.79 Å². The van der Waals surface area contributed by atoms with Gasteiger partial charge in [-0.25, -0.2) is 0 Å². The van der Waals surface area contributed by atoms with Crippen LogP contribution in [0.2, 0.25) is 0 Å². The van der Waals surface area contributed by atoms with Gasteiger partial charge in [-0.15, -0.1) is 11.3 Å². The predicted molar refractivity (Wildman–Crippen MR) is 101 cm³/mol. The summed E-state index contributed by atoms with van der Waals surface area (Å²) in [5, 5.41) is 3.14. The molecule has 0 spiro atoms. The van der Waals surface area contributed by atoms with E-state index < -0.39 is 0 Å². The zero-order valence-corrected chi connectivity index (χ0v) is 15.6. The molecule has 1 aromatic carbocycles. The Balaban J connectivity index is 1.50. The molecule has 5 heteroatoms. The van der Waals surface area contributed by atoms with Gasteiger partial charge in [0.2, 0.25) is 0 Å². The van der Waals surface area contributed by atoms with Crippen molar-refractivity contribution in [3.8, 4) is 10.4 Å². The third-order valence-electron chi connectivity index (χ3n) is 5.17. The van der Waals surface area contributed by atoms with Crippen molar-refractivity contribution in [3.63, 3.8) is 0 Å². The lowest BCUT2D eigenvalue weighted by Gasteiger charge is -2.33. The van der Waals surface area contributed by atoms with E-state index in [-0.39, 0.29) is 18.1 Å². The van der Waals surface area contributed by atoms with Gasteiger partial charge >= 0.3 is 0 Å². The fourth-order valence-corrected chi connectivity index (χ4v) is 4.84. The topological polar surface area (TPSA) is 41.6 Å². The van der Waals surface area contributed by atoms with E-state index in [1.807, 2.05) is 6.92 Å². The van der Waals surface area contributed by atoms with Crippen LogP contribution in [0.15, 0.2) is 30.3 Å². The van der Waals surface area contributed by atoms with Crippen LogP contribution in [0.1, 0.15) is 27.7 Å². The maximum atomic E-state index is 12.7. The van der Waals surface area contributed by atoms with E-state index >= 15 is 0 Å². The summed E-state index contributed by atoms with van der Waals surface area (Å²) in [6.07, 6.45) is 2.12. The minimum Gasteiger partial charge on any atom is -0.373 e. The highest BCUT2D eigenvalue weighted by Gasteiger charge is 2.27. The molecule has 0 saturated carbocycles. The summed E-state index contributed by atoms with van der Waals surface area (Å²) in [5.74, 6) is 0.0150. The largest absolute Gasteiger partial charge is 0.373 e. The molecule has 4 nitrogen and oxygen atoms in total. The van der Waals surface area contributed by atoms with Crippen LogP contribution >= 0.6 is 11.3 Å². The number of ether oxygens (including phenoxy) is 1. The Morgan fingerprint density at radius 2 is 2.12 bits per heavy atom. The first-order chi connectivity index (χ1) is 12.1. The van der Waals surface area contributed by atoms with Crippen LogP contribution in [0.4, 0.5) is 0 Å². The highest BCUT2D eigenvalue weighted by atomic mass is 32.1. The van der Waals surface area contributed by atoms with Gasteiger partial charge in [0.05, 0.1) is 23.6 Å². The fourth-order valence-electron chi connectivity index (χ4n) is 3.67. The van der Waals surface area contributed by atoms with Gasteiger partial charge in [0.1, 0.15) is 0 Å². The average Bonchev–Trinajstić information content (AvgIpc) is 3.06. The van der Waals surface area contributed by atoms with E-state index in [1.165, 1.54) is 21.6 Å². The minimum atomic E-state index is 0.00154. The number of carbonyl (C=O) groups is 1. The predicted octanol–water partition coefficient (Wildman–Crippen LogP) is 2.96. The Morgan fingerprint density at radius 1 is 1.32 bits per heavy atom. The zero-order valence-electron chi connectivity index (χ0n) is 14.7. The van der Waals surface area contributed by atoms with Gasteiger partial charge in [-0.2, -0.15) is 0 Å². The van der Waals surface area contributed by atoms with E-state index in [9.17, 15) is 4.79 Å². The smallest absolute Gasteiger partial charge is 0.261 e. The number of morpholine rings is 1.